The van der Waals surface area contributed by atoms with E-state index >= 15 is 0 Å². The van der Waals surface area contributed by atoms with E-state index in [0.29, 0.717) is 11.4 Å². The van der Waals surface area contributed by atoms with Gasteiger partial charge in [0.05, 0.1) is 5.57 Å². The SMILES string of the molecule is CC(C)N(C1=NSN=C(Cl)C1=C(C#N)C#N)C(C)C. The largest absolute Gasteiger partial charge is 0.351 e. The number of amidine groups is 1. The second-order valence-electron chi connectivity index (χ2n) is 4.45. The number of hydrogen-bond acceptors (Lipinski definition) is 6. The first-order valence-corrected chi connectivity index (χ1v) is 6.86. The van der Waals surface area contributed by atoms with Gasteiger partial charge in [0.15, 0.2) is 11.0 Å². The van der Waals surface area contributed by atoms with Gasteiger partial charge in [0, 0.05) is 12.1 Å². The molecule has 1 aliphatic rings. The van der Waals surface area contributed by atoms with Crippen LogP contribution in [0.25, 0.3) is 0 Å². The Balaban J connectivity index is 3.42. The van der Waals surface area contributed by atoms with Crippen molar-refractivity contribution in [3.63, 3.8) is 0 Å². The van der Waals surface area contributed by atoms with Crippen LogP contribution in [0.2, 0.25) is 0 Å². The van der Waals surface area contributed by atoms with Gasteiger partial charge in [0.2, 0.25) is 0 Å². The van der Waals surface area contributed by atoms with E-state index in [4.69, 9.17) is 22.1 Å². The monoisotopic (exact) mass is 295 g/mol. The topological polar surface area (TPSA) is 75.5 Å². The minimum absolute atomic E-state index is 0.0703. The number of nitrogens with zero attached hydrogens (tertiary/aromatic N) is 5. The van der Waals surface area contributed by atoms with Crippen LogP contribution in [0.15, 0.2) is 19.9 Å². The molecule has 0 atom stereocenters. The van der Waals surface area contributed by atoms with Gasteiger partial charge in [0.25, 0.3) is 0 Å². The molecule has 0 N–H and O–H groups in total. The lowest BCUT2D eigenvalue weighted by molar-refractivity contribution is 0.293. The van der Waals surface area contributed by atoms with E-state index in [1.165, 1.54) is 0 Å². The third-order valence-corrected chi connectivity index (χ3v) is 3.40. The van der Waals surface area contributed by atoms with Crippen LogP contribution in [-0.4, -0.2) is 28.0 Å². The normalized spacial score (nSPS) is 14.7. The number of rotatable bonds is 2. The predicted molar refractivity (Wildman–Crippen MR) is 78.7 cm³/mol. The zero-order chi connectivity index (χ0) is 14.6. The molecule has 0 saturated carbocycles. The van der Waals surface area contributed by atoms with Crippen LogP contribution in [0.4, 0.5) is 0 Å². The standard InChI is InChI=1S/C12H14ClN5S/c1-7(2)18(8(3)4)12-10(9(5-14)6-15)11(13)16-19-17-12/h7-8H,1-4H3. The van der Waals surface area contributed by atoms with Crippen molar-refractivity contribution in [2.45, 2.75) is 39.8 Å². The molecule has 1 heterocycles. The maximum atomic E-state index is 9.05. The van der Waals surface area contributed by atoms with Gasteiger partial charge >= 0.3 is 0 Å². The van der Waals surface area contributed by atoms with Gasteiger partial charge in [-0.1, -0.05) is 11.6 Å². The second kappa shape index (κ2) is 6.60. The van der Waals surface area contributed by atoms with Gasteiger partial charge in [-0.25, -0.2) is 0 Å². The first kappa shape index (κ1) is 15.6. The van der Waals surface area contributed by atoms with Crippen molar-refractivity contribution in [3.8, 4) is 12.1 Å². The minimum atomic E-state index is -0.0703. The molecule has 0 aliphatic carbocycles. The van der Waals surface area contributed by atoms with Crippen LogP contribution in [0.3, 0.4) is 0 Å². The fourth-order valence-electron chi connectivity index (χ4n) is 1.89. The summed E-state index contributed by atoms with van der Waals surface area (Å²) in [6.07, 6.45) is 0. The summed E-state index contributed by atoms with van der Waals surface area (Å²) in [6.45, 7) is 8.07. The molecule has 0 unspecified atom stereocenters. The number of hydrogen-bond donors (Lipinski definition) is 0. The first-order valence-electron chi connectivity index (χ1n) is 5.75. The van der Waals surface area contributed by atoms with Crippen LogP contribution < -0.4 is 0 Å². The molecule has 0 aromatic rings. The average Bonchev–Trinajstić information content (AvgIpc) is 2.32. The number of allylic oxidation sites excluding steroid dienone is 1. The van der Waals surface area contributed by atoms with E-state index in [0.717, 1.165) is 12.1 Å². The second-order valence-corrected chi connectivity index (χ2v) is 5.33. The fraction of sp³-hybridized carbons (Fsp3) is 0.500. The van der Waals surface area contributed by atoms with Crippen LogP contribution in [-0.2, 0) is 0 Å². The van der Waals surface area contributed by atoms with E-state index in [1.807, 2.05) is 44.7 Å². The molecular weight excluding hydrogens is 282 g/mol. The molecular formula is C12H14ClN5S. The Morgan fingerprint density at radius 1 is 1.16 bits per heavy atom. The molecule has 100 valence electrons. The summed E-state index contributed by atoms with van der Waals surface area (Å²) < 4.78 is 8.15. The lowest BCUT2D eigenvalue weighted by atomic mass is 10.1. The molecule has 0 spiro atoms. The molecule has 7 heteroatoms. The van der Waals surface area contributed by atoms with Crippen molar-refractivity contribution < 1.29 is 0 Å². The Kier molecular flexibility index (Phi) is 5.41. The molecule has 0 radical (unpaired) electrons. The van der Waals surface area contributed by atoms with Crippen LogP contribution >= 0.6 is 23.7 Å². The Morgan fingerprint density at radius 2 is 1.68 bits per heavy atom. The fourth-order valence-corrected chi connectivity index (χ4v) is 2.63. The Labute approximate surface area is 122 Å². The van der Waals surface area contributed by atoms with Gasteiger partial charge in [-0.3, -0.25) is 0 Å². The Hall–Kier alpha value is -1.50. The van der Waals surface area contributed by atoms with Crippen molar-refractivity contribution in [2.75, 3.05) is 0 Å². The van der Waals surface area contributed by atoms with E-state index in [9.17, 15) is 0 Å². The van der Waals surface area contributed by atoms with Crippen LogP contribution in [0.1, 0.15) is 27.7 Å². The molecule has 0 fully saturated rings. The van der Waals surface area contributed by atoms with Gasteiger partial charge in [-0.15, -0.1) is 0 Å². The lowest BCUT2D eigenvalue weighted by Gasteiger charge is -2.35. The molecule has 0 amide bonds. The summed E-state index contributed by atoms with van der Waals surface area (Å²) >= 11 is 7.01. The molecule has 19 heavy (non-hydrogen) atoms. The average molecular weight is 296 g/mol. The molecule has 0 bridgehead atoms. The van der Waals surface area contributed by atoms with Gasteiger partial charge < -0.3 is 4.90 Å². The van der Waals surface area contributed by atoms with E-state index in [1.54, 1.807) is 0 Å². The zero-order valence-electron chi connectivity index (χ0n) is 11.2. The maximum Gasteiger partial charge on any atom is 0.152 e. The van der Waals surface area contributed by atoms with Crippen molar-refractivity contribution in [3.05, 3.63) is 11.1 Å². The van der Waals surface area contributed by atoms with Crippen molar-refractivity contribution >= 4 is 34.7 Å². The molecule has 5 nitrogen and oxygen atoms in total. The van der Waals surface area contributed by atoms with Gasteiger partial charge in [-0.2, -0.15) is 19.3 Å². The molecule has 0 saturated heterocycles. The highest BCUT2D eigenvalue weighted by molar-refractivity contribution is 7.97. The molecule has 0 aromatic heterocycles. The highest BCUT2D eigenvalue weighted by atomic mass is 35.5. The molecule has 1 aliphatic heterocycles. The lowest BCUT2D eigenvalue weighted by Crippen LogP contribution is -2.44. The minimum Gasteiger partial charge on any atom is -0.351 e. The number of nitriles is 2. The summed E-state index contributed by atoms with van der Waals surface area (Å²) in [7, 11) is 0. The van der Waals surface area contributed by atoms with Crippen LogP contribution in [0, 0.1) is 22.7 Å². The Bertz CT molecular complexity index is 509. The van der Waals surface area contributed by atoms with Crippen molar-refractivity contribution in [1.29, 1.82) is 10.5 Å². The highest BCUT2D eigenvalue weighted by Crippen LogP contribution is 2.27. The summed E-state index contributed by atoms with van der Waals surface area (Å²) in [6, 6.07) is 4.03. The zero-order valence-corrected chi connectivity index (χ0v) is 12.7. The van der Waals surface area contributed by atoms with Crippen molar-refractivity contribution in [1.82, 2.24) is 4.90 Å². The third kappa shape index (κ3) is 3.28. The summed E-state index contributed by atoms with van der Waals surface area (Å²) in [4.78, 5) is 2.01. The van der Waals surface area contributed by atoms with E-state index in [2.05, 4.69) is 8.80 Å². The highest BCUT2D eigenvalue weighted by Gasteiger charge is 2.29. The number of halogens is 1. The smallest absolute Gasteiger partial charge is 0.152 e. The molecule has 1 rings (SSSR count). The van der Waals surface area contributed by atoms with Crippen LogP contribution in [0.5, 0.6) is 0 Å². The van der Waals surface area contributed by atoms with Crippen molar-refractivity contribution in [2.24, 2.45) is 8.80 Å². The quantitative estimate of drug-likeness (QED) is 0.579. The summed E-state index contributed by atoms with van der Waals surface area (Å²) in [5.41, 5.74) is 0.243. The predicted octanol–water partition coefficient (Wildman–Crippen LogP) is 3.06. The molecule has 0 aromatic carbocycles. The third-order valence-electron chi connectivity index (χ3n) is 2.51. The van der Waals surface area contributed by atoms with E-state index in [-0.39, 0.29) is 22.8 Å². The summed E-state index contributed by atoms with van der Waals surface area (Å²) in [5, 5.41) is 18.2. The summed E-state index contributed by atoms with van der Waals surface area (Å²) in [5.74, 6) is 0.535. The maximum absolute atomic E-state index is 9.05. The van der Waals surface area contributed by atoms with E-state index < -0.39 is 0 Å². The van der Waals surface area contributed by atoms with Gasteiger partial charge in [0.1, 0.15) is 29.8 Å². The Morgan fingerprint density at radius 3 is 2.11 bits per heavy atom. The van der Waals surface area contributed by atoms with Gasteiger partial charge in [-0.05, 0) is 27.7 Å². The first-order chi connectivity index (χ1) is 8.93.